The maximum atomic E-state index is 13.0. The monoisotopic (exact) mass is 391 g/mol. The fourth-order valence-electron chi connectivity index (χ4n) is 4.05. The van der Waals surface area contributed by atoms with Crippen molar-refractivity contribution < 1.29 is 14.7 Å². The number of fused-ring (bicyclic) bond motifs is 1. The van der Waals surface area contributed by atoms with E-state index < -0.39 is 5.97 Å². The fraction of sp³-hybridized carbons (Fsp3) is 0.360. The Labute approximate surface area is 172 Å². The minimum absolute atomic E-state index is 0.0368. The van der Waals surface area contributed by atoms with Crippen LogP contribution < -0.4 is 5.32 Å². The van der Waals surface area contributed by atoms with Gasteiger partial charge in [0.05, 0.1) is 0 Å². The molecular formula is C25H29NO3. The van der Waals surface area contributed by atoms with Crippen LogP contribution in [-0.2, 0) is 15.6 Å². The minimum Gasteiger partial charge on any atom is -0.478 e. The van der Waals surface area contributed by atoms with Crippen molar-refractivity contribution in [2.75, 3.05) is 5.32 Å². The highest BCUT2D eigenvalue weighted by molar-refractivity contribution is 6.05. The summed E-state index contributed by atoms with van der Waals surface area (Å²) in [5, 5.41) is 11.7. The zero-order valence-electron chi connectivity index (χ0n) is 17.8. The predicted molar refractivity (Wildman–Crippen MR) is 118 cm³/mol. The molecule has 0 spiro atoms. The Hall–Kier alpha value is -2.88. The molecule has 0 unspecified atom stereocenters. The average Bonchev–Trinajstić information content (AvgIpc) is 2.64. The Balaban J connectivity index is 1.93. The van der Waals surface area contributed by atoms with E-state index in [1.807, 2.05) is 6.92 Å². The standard InChI is InChI=1S/C25H29NO3/c1-16-13-20-21(25(4,5)12-11-24(20,2)3)15-19(16)23(29)26-18-8-6-7-17(14-18)9-10-22(27)28/h6-10,13-15H,11-12H2,1-5H3,(H,26,29)(H,27,28). The third-order valence-corrected chi connectivity index (χ3v) is 6.01. The van der Waals surface area contributed by atoms with E-state index in [-0.39, 0.29) is 16.7 Å². The van der Waals surface area contributed by atoms with Crippen molar-refractivity contribution in [2.45, 2.75) is 58.3 Å². The van der Waals surface area contributed by atoms with Gasteiger partial charge in [0, 0.05) is 17.3 Å². The number of amides is 1. The summed E-state index contributed by atoms with van der Waals surface area (Å²) in [7, 11) is 0. The smallest absolute Gasteiger partial charge is 0.328 e. The molecule has 1 aliphatic carbocycles. The molecule has 0 aromatic heterocycles. The summed E-state index contributed by atoms with van der Waals surface area (Å²) in [6.45, 7) is 11.0. The zero-order valence-corrected chi connectivity index (χ0v) is 17.8. The highest BCUT2D eigenvalue weighted by Crippen LogP contribution is 2.46. The summed E-state index contributed by atoms with van der Waals surface area (Å²) in [5.41, 5.74) is 5.74. The first-order valence-electron chi connectivity index (χ1n) is 9.98. The van der Waals surface area contributed by atoms with Crippen LogP contribution in [0.4, 0.5) is 5.69 Å². The van der Waals surface area contributed by atoms with Gasteiger partial charge in [-0.25, -0.2) is 4.79 Å². The SMILES string of the molecule is Cc1cc2c(cc1C(=O)Nc1cccc(C=CC(=O)O)c1)C(C)(C)CCC2(C)C. The zero-order chi connectivity index (χ0) is 21.4. The summed E-state index contributed by atoms with van der Waals surface area (Å²) in [6, 6.07) is 11.4. The summed E-state index contributed by atoms with van der Waals surface area (Å²) in [5.74, 6) is -1.15. The molecule has 2 aromatic rings. The molecule has 152 valence electrons. The maximum Gasteiger partial charge on any atom is 0.328 e. The molecule has 4 nitrogen and oxygen atoms in total. The van der Waals surface area contributed by atoms with E-state index in [1.165, 1.54) is 17.2 Å². The maximum absolute atomic E-state index is 13.0. The summed E-state index contributed by atoms with van der Waals surface area (Å²) >= 11 is 0. The van der Waals surface area contributed by atoms with Crippen molar-refractivity contribution in [3.63, 3.8) is 0 Å². The van der Waals surface area contributed by atoms with E-state index in [4.69, 9.17) is 5.11 Å². The molecule has 1 amide bonds. The van der Waals surface area contributed by atoms with Crippen LogP contribution in [-0.4, -0.2) is 17.0 Å². The van der Waals surface area contributed by atoms with Gasteiger partial charge in [-0.3, -0.25) is 4.79 Å². The Bertz CT molecular complexity index is 999. The van der Waals surface area contributed by atoms with Crippen molar-refractivity contribution in [3.05, 3.63) is 70.3 Å². The Kier molecular flexibility index (Phi) is 5.40. The van der Waals surface area contributed by atoms with Crippen LogP contribution >= 0.6 is 0 Å². The van der Waals surface area contributed by atoms with Crippen molar-refractivity contribution in [1.29, 1.82) is 0 Å². The van der Waals surface area contributed by atoms with E-state index in [1.54, 1.807) is 24.3 Å². The van der Waals surface area contributed by atoms with Gasteiger partial charge in [-0.1, -0.05) is 45.9 Å². The number of carboxylic acid groups (broad SMARTS) is 1. The number of carbonyl (C=O) groups excluding carboxylic acids is 1. The molecule has 2 N–H and O–H groups in total. The lowest BCUT2D eigenvalue weighted by Crippen LogP contribution is -2.34. The van der Waals surface area contributed by atoms with E-state index in [0.29, 0.717) is 11.3 Å². The lowest BCUT2D eigenvalue weighted by Gasteiger charge is -2.42. The van der Waals surface area contributed by atoms with Gasteiger partial charge in [-0.05, 0) is 77.1 Å². The molecular weight excluding hydrogens is 362 g/mol. The second kappa shape index (κ2) is 7.51. The molecule has 0 fully saturated rings. The number of carbonyl (C=O) groups is 2. The Morgan fingerprint density at radius 2 is 1.62 bits per heavy atom. The first-order chi connectivity index (χ1) is 13.5. The number of nitrogens with one attached hydrogen (secondary N) is 1. The molecule has 3 rings (SSSR count). The second-order valence-electron chi connectivity index (χ2n) is 9.23. The van der Waals surface area contributed by atoms with Gasteiger partial charge >= 0.3 is 5.97 Å². The number of aryl methyl sites for hydroxylation is 1. The van der Waals surface area contributed by atoms with Crippen molar-refractivity contribution in [2.24, 2.45) is 0 Å². The lowest BCUT2D eigenvalue weighted by atomic mass is 9.62. The number of hydrogen-bond acceptors (Lipinski definition) is 2. The lowest BCUT2D eigenvalue weighted by molar-refractivity contribution is -0.131. The molecule has 2 aromatic carbocycles. The molecule has 4 heteroatoms. The van der Waals surface area contributed by atoms with Crippen LogP contribution in [0.1, 0.15) is 73.1 Å². The molecule has 0 saturated heterocycles. The molecule has 0 bridgehead atoms. The number of anilines is 1. The fourth-order valence-corrected chi connectivity index (χ4v) is 4.05. The average molecular weight is 392 g/mol. The van der Waals surface area contributed by atoms with Gasteiger partial charge in [-0.2, -0.15) is 0 Å². The third-order valence-electron chi connectivity index (χ3n) is 6.01. The van der Waals surface area contributed by atoms with E-state index >= 15 is 0 Å². The topological polar surface area (TPSA) is 66.4 Å². The van der Waals surface area contributed by atoms with Crippen molar-refractivity contribution >= 4 is 23.6 Å². The van der Waals surface area contributed by atoms with Crippen LogP contribution in [0.25, 0.3) is 6.08 Å². The second-order valence-corrected chi connectivity index (χ2v) is 9.23. The molecule has 0 aliphatic heterocycles. The summed E-state index contributed by atoms with van der Waals surface area (Å²) in [6.07, 6.45) is 4.81. The van der Waals surface area contributed by atoms with Gasteiger partial charge in [0.25, 0.3) is 5.91 Å². The van der Waals surface area contributed by atoms with Gasteiger partial charge in [0.15, 0.2) is 0 Å². The number of hydrogen-bond donors (Lipinski definition) is 2. The van der Waals surface area contributed by atoms with Crippen LogP contribution in [0.3, 0.4) is 0 Å². The Morgan fingerprint density at radius 1 is 1.00 bits per heavy atom. The minimum atomic E-state index is -1.00. The van der Waals surface area contributed by atoms with Gasteiger partial charge < -0.3 is 10.4 Å². The molecule has 0 saturated carbocycles. The highest BCUT2D eigenvalue weighted by atomic mass is 16.4. The Morgan fingerprint density at radius 3 is 2.24 bits per heavy atom. The molecule has 0 radical (unpaired) electrons. The highest BCUT2D eigenvalue weighted by Gasteiger charge is 2.37. The third kappa shape index (κ3) is 4.42. The van der Waals surface area contributed by atoms with Crippen LogP contribution in [0.5, 0.6) is 0 Å². The number of aliphatic carboxylic acids is 1. The molecule has 1 aliphatic rings. The van der Waals surface area contributed by atoms with E-state index in [0.717, 1.165) is 30.0 Å². The van der Waals surface area contributed by atoms with Gasteiger partial charge in [-0.15, -0.1) is 0 Å². The van der Waals surface area contributed by atoms with Crippen molar-refractivity contribution in [1.82, 2.24) is 0 Å². The quantitative estimate of drug-likeness (QED) is 0.658. The van der Waals surface area contributed by atoms with E-state index in [9.17, 15) is 9.59 Å². The van der Waals surface area contributed by atoms with Crippen LogP contribution in [0.2, 0.25) is 0 Å². The first kappa shape index (κ1) is 20.8. The van der Waals surface area contributed by atoms with E-state index in [2.05, 4.69) is 45.1 Å². The van der Waals surface area contributed by atoms with Crippen LogP contribution in [0, 0.1) is 6.92 Å². The molecule has 29 heavy (non-hydrogen) atoms. The molecule has 0 atom stereocenters. The van der Waals surface area contributed by atoms with Crippen molar-refractivity contribution in [3.8, 4) is 0 Å². The number of carboxylic acids is 1. The predicted octanol–water partition coefficient (Wildman–Crippen LogP) is 5.69. The first-order valence-corrected chi connectivity index (χ1v) is 9.98. The summed E-state index contributed by atoms with van der Waals surface area (Å²) < 4.78 is 0. The number of rotatable bonds is 4. The molecule has 0 heterocycles. The van der Waals surface area contributed by atoms with Gasteiger partial charge in [0.2, 0.25) is 0 Å². The summed E-state index contributed by atoms with van der Waals surface area (Å²) in [4.78, 5) is 23.8. The van der Waals surface area contributed by atoms with Crippen LogP contribution in [0.15, 0.2) is 42.5 Å². The largest absolute Gasteiger partial charge is 0.478 e. The van der Waals surface area contributed by atoms with Gasteiger partial charge in [0.1, 0.15) is 0 Å². The normalized spacial score (nSPS) is 17.0. The number of benzene rings is 2.